The van der Waals surface area contributed by atoms with E-state index in [9.17, 15) is 0 Å². The summed E-state index contributed by atoms with van der Waals surface area (Å²) in [5.74, 6) is 7.18. The van der Waals surface area contributed by atoms with Crippen LogP contribution in [-0.2, 0) is 0 Å². The van der Waals surface area contributed by atoms with Gasteiger partial charge in [-0.1, -0.05) is 90.9 Å². The van der Waals surface area contributed by atoms with Crippen molar-refractivity contribution in [1.82, 2.24) is 5.32 Å². The molecule has 32 heavy (non-hydrogen) atoms. The lowest BCUT2D eigenvalue weighted by Crippen LogP contribution is -2.39. The highest BCUT2D eigenvalue weighted by Crippen LogP contribution is 2.41. The van der Waals surface area contributed by atoms with Crippen LogP contribution in [0.15, 0.2) is 0 Å². The molecule has 0 bridgehead atoms. The maximum absolute atomic E-state index is 4.15. The van der Waals surface area contributed by atoms with Crippen LogP contribution in [0.1, 0.15) is 142 Å². The molecule has 0 heterocycles. The van der Waals surface area contributed by atoms with Crippen LogP contribution in [0, 0.1) is 41.4 Å². The van der Waals surface area contributed by atoms with Crippen molar-refractivity contribution in [2.24, 2.45) is 41.4 Å². The molecule has 3 atom stereocenters. The third-order valence-corrected chi connectivity index (χ3v) is 10.4. The maximum Gasteiger partial charge on any atom is 0.00954 e. The quantitative estimate of drug-likeness (QED) is 0.317. The van der Waals surface area contributed by atoms with Crippen LogP contribution in [0.2, 0.25) is 0 Å². The van der Waals surface area contributed by atoms with E-state index in [-0.39, 0.29) is 0 Å². The summed E-state index contributed by atoms with van der Waals surface area (Å²) in [4.78, 5) is 0. The molecule has 0 saturated heterocycles. The van der Waals surface area contributed by atoms with Gasteiger partial charge in [0.15, 0.2) is 0 Å². The monoisotopic (exact) mass is 443 g/mol. The summed E-state index contributed by atoms with van der Waals surface area (Å²) < 4.78 is 0. The lowest BCUT2D eigenvalue weighted by Gasteiger charge is -2.36. The van der Waals surface area contributed by atoms with Gasteiger partial charge in [0, 0.05) is 6.04 Å². The van der Waals surface area contributed by atoms with E-state index in [1.165, 1.54) is 83.6 Å². The van der Waals surface area contributed by atoms with E-state index in [0.29, 0.717) is 0 Å². The summed E-state index contributed by atoms with van der Waals surface area (Å²) in [7, 11) is 0. The summed E-state index contributed by atoms with van der Waals surface area (Å²) in [6.45, 7) is 6.13. The van der Waals surface area contributed by atoms with Gasteiger partial charge in [0.05, 0.1) is 0 Å². The van der Waals surface area contributed by atoms with Crippen LogP contribution in [0.3, 0.4) is 0 Å². The molecule has 4 aliphatic carbocycles. The fourth-order valence-corrected chi connectivity index (χ4v) is 8.41. The minimum Gasteiger partial charge on any atom is -0.314 e. The summed E-state index contributed by atoms with van der Waals surface area (Å²) in [5.41, 5.74) is 0. The molecule has 1 heteroatoms. The molecular formula is C31H57N. The van der Waals surface area contributed by atoms with Crippen molar-refractivity contribution in [2.45, 2.75) is 148 Å². The number of nitrogens with one attached hydrogen (secondary N) is 1. The van der Waals surface area contributed by atoms with Crippen LogP contribution in [0.5, 0.6) is 0 Å². The zero-order chi connectivity index (χ0) is 22.2. The highest BCUT2D eigenvalue weighted by atomic mass is 14.9. The van der Waals surface area contributed by atoms with Crippen molar-refractivity contribution < 1.29 is 0 Å². The van der Waals surface area contributed by atoms with Crippen LogP contribution < -0.4 is 5.32 Å². The fourth-order valence-electron chi connectivity index (χ4n) is 8.41. The van der Waals surface area contributed by atoms with E-state index < -0.39 is 0 Å². The van der Waals surface area contributed by atoms with E-state index in [1.807, 2.05) is 0 Å². The molecule has 186 valence electrons. The molecule has 4 aliphatic rings. The van der Waals surface area contributed by atoms with E-state index in [4.69, 9.17) is 0 Å². The average Bonchev–Trinajstić information content (AvgIpc) is 3.55. The summed E-state index contributed by atoms with van der Waals surface area (Å²) in [6, 6.07) is 0.806. The van der Waals surface area contributed by atoms with Crippen LogP contribution >= 0.6 is 0 Å². The molecule has 0 spiro atoms. The van der Waals surface area contributed by atoms with Gasteiger partial charge in [0.2, 0.25) is 0 Å². The first kappa shape index (κ1) is 25.1. The third kappa shape index (κ3) is 8.02. The van der Waals surface area contributed by atoms with Crippen molar-refractivity contribution in [2.75, 3.05) is 6.54 Å². The largest absolute Gasteiger partial charge is 0.314 e. The molecule has 1 nitrogen and oxygen atoms in total. The lowest BCUT2D eigenvalue weighted by molar-refractivity contribution is 0.188. The van der Waals surface area contributed by atoms with Crippen molar-refractivity contribution in [1.29, 1.82) is 0 Å². The Balaban J connectivity index is 1.16. The second-order valence-electron chi connectivity index (χ2n) is 13.4. The van der Waals surface area contributed by atoms with Gasteiger partial charge < -0.3 is 5.32 Å². The van der Waals surface area contributed by atoms with E-state index >= 15 is 0 Å². The average molecular weight is 444 g/mol. The lowest BCUT2D eigenvalue weighted by atomic mass is 9.74. The predicted octanol–water partition coefficient (Wildman–Crippen LogP) is 9.15. The predicted molar refractivity (Wildman–Crippen MR) is 140 cm³/mol. The molecule has 0 radical (unpaired) electrons. The molecule has 3 unspecified atom stereocenters. The maximum atomic E-state index is 4.15. The van der Waals surface area contributed by atoms with Gasteiger partial charge in [-0.05, 0) is 99.3 Å². The molecule has 0 aromatic carbocycles. The Morgan fingerprint density at radius 3 is 1.75 bits per heavy atom. The minimum absolute atomic E-state index is 0.806. The topological polar surface area (TPSA) is 12.0 Å². The van der Waals surface area contributed by atoms with E-state index in [0.717, 1.165) is 47.5 Å². The number of rotatable bonds is 12. The second-order valence-corrected chi connectivity index (χ2v) is 13.4. The highest BCUT2D eigenvalue weighted by Gasteiger charge is 2.31. The molecular weight excluding hydrogens is 386 g/mol. The first-order valence-corrected chi connectivity index (χ1v) is 15.4. The van der Waals surface area contributed by atoms with Crippen LogP contribution in [0.4, 0.5) is 0 Å². The Morgan fingerprint density at radius 2 is 1.12 bits per heavy atom. The van der Waals surface area contributed by atoms with Gasteiger partial charge >= 0.3 is 0 Å². The molecule has 0 amide bonds. The van der Waals surface area contributed by atoms with Gasteiger partial charge in [0.1, 0.15) is 0 Å². The van der Waals surface area contributed by atoms with E-state index in [1.54, 1.807) is 51.4 Å². The molecule has 4 fully saturated rings. The van der Waals surface area contributed by atoms with Gasteiger partial charge in [-0.15, -0.1) is 0 Å². The van der Waals surface area contributed by atoms with Gasteiger partial charge in [-0.3, -0.25) is 0 Å². The Hall–Kier alpha value is -0.0400. The first-order valence-electron chi connectivity index (χ1n) is 15.4. The first-order chi connectivity index (χ1) is 15.7. The third-order valence-electron chi connectivity index (χ3n) is 10.4. The zero-order valence-electron chi connectivity index (χ0n) is 22.0. The van der Waals surface area contributed by atoms with Crippen LogP contribution in [0.25, 0.3) is 0 Å². The van der Waals surface area contributed by atoms with Crippen molar-refractivity contribution in [3.63, 3.8) is 0 Å². The van der Waals surface area contributed by atoms with Crippen LogP contribution in [-0.4, -0.2) is 12.6 Å². The Labute approximate surface area is 201 Å². The summed E-state index contributed by atoms with van der Waals surface area (Å²) in [5, 5.41) is 4.15. The highest BCUT2D eigenvalue weighted by molar-refractivity contribution is 4.85. The van der Waals surface area contributed by atoms with Gasteiger partial charge in [-0.2, -0.15) is 0 Å². The summed E-state index contributed by atoms with van der Waals surface area (Å²) in [6.07, 6.45) is 30.4. The van der Waals surface area contributed by atoms with Gasteiger partial charge in [-0.25, -0.2) is 0 Å². The van der Waals surface area contributed by atoms with Crippen molar-refractivity contribution in [3.8, 4) is 0 Å². The molecule has 0 aliphatic heterocycles. The molecule has 4 saturated carbocycles. The molecule has 1 N–H and O–H groups in total. The molecule has 4 rings (SSSR count). The smallest absolute Gasteiger partial charge is 0.00954 e. The minimum atomic E-state index is 0.806. The standard InChI is InChI=1S/C31H57N/c1-24(2)11-18-31(30-16-14-27(15-17-30)21-25-7-3-4-8-25)32-20-19-28-12-13-29(23-28)22-26-9-5-6-10-26/h24-32H,3-23H2,1-2H3. The van der Waals surface area contributed by atoms with Crippen molar-refractivity contribution in [3.05, 3.63) is 0 Å². The second kappa shape index (κ2) is 13.2. The van der Waals surface area contributed by atoms with Crippen molar-refractivity contribution >= 4 is 0 Å². The Morgan fingerprint density at radius 1 is 0.594 bits per heavy atom. The Bertz CT molecular complexity index is 493. The number of hydrogen-bond acceptors (Lipinski definition) is 1. The summed E-state index contributed by atoms with van der Waals surface area (Å²) >= 11 is 0. The molecule has 0 aromatic heterocycles. The normalized spacial score (nSPS) is 33.5. The Kier molecular flexibility index (Phi) is 10.3. The zero-order valence-corrected chi connectivity index (χ0v) is 22.0. The fraction of sp³-hybridized carbons (Fsp3) is 1.00. The van der Waals surface area contributed by atoms with Gasteiger partial charge in [0.25, 0.3) is 0 Å². The van der Waals surface area contributed by atoms with E-state index in [2.05, 4.69) is 19.2 Å². The number of hydrogen-bond donors (Lipinski definition) is 1. The SMILES string of the molecule is CC(C)CCC(NCCC1CCC(CC2CCCC2)C1)C1CCC(CC2CCCC2)CC1. The molecule has 0 aromatic rings.